The van der Waals surface area contributed by atoms with Crippen LogP contribution < -0.4 is 25.2 Å². The van der Waals surface area contributed by atoms with Crippen molar-refractivity contribution in [1.29, 1.82) is 0 Å². The van der Waals surface area contributed by atoms with E-state index in [1.165, 1.54) is 0 Å². The summed E-state index contributed by atoms with van der Waals surface area (Å²) in [6, 6.07) is 19.6. The molecule has 0 saturated carbocycles. The number of benzene rings is 3. The van der Waals surface area contributed by atoms with Crippen molar-refractivity contribution < 1.29 is 19.1 Å². The van der Waals surface area contributed by atoms with Gasteiger partial charge in [0.1, 0.15) is 6.61 Å². The highest BCUT2D eigenvalue weighted by Gasteiger charge is 2.35. The molecule has 9 heteroatoms. The topological polar surface area (TPSA) is 79.9 Å². The molecule has 1 heterocycles. The molecule has 0 aromatic heterocycles. The average molecular weight is 500 g/mol. The van der Waals surface area contributed by atoms with Gasteiger partial charge in [-0.25, -0.2) is 0 Å². The lowest BCUT2D eigenvalue weighted by atomic mass is 10.1. The first-order valence-corrected chi connectivity index (χ1v) is 11.4. The summed E-state index contributed by atoms with van der Waals surface area (Å²) in [4.78, 5) is 26.7. The number of amides is 2. The molecule has 2 N–H and O–H groups in total. The van der Waals surface area contributed by atoms with Gasteiger partial charge in [0, 0.05) is 34.8 Å². The Kier molecular flexibility index (Phi) is 7.45. The van der Waals surface area contributed by atoms with Crippen molar-refractivity contribution in [3.8, 4) is 11.5 Å². The molecule has 1 aliphatic heterocycles. The van der Waals surface area contributed by atoms with Gasteiger partial charge < -0.3 is 14.4 Å². The number of nitrogens with zero attached hydrogens (tertiary/aromatic N) is 1. The SMILES string of the molecule is COc1cc(NNC(=O)[C@H]2CC(=O)N(c3ccc(Cl)cc3)C2)ccc1OCc1ccc(Cl)cc1. The fourth-order valence-corrected chi connectivity index (χ4v) is 3.85. The molecule has 0 spiro atoms. The van der Waals surface area contributed by atoms with E-state index >= 15 is 0 Å². The Morgan fingerprint density at radius 1 is 1.00 bits per heavy atom. The maximum absolute atomic E-state index is 12.7. The molecular formula is C25H23Cl2N3O4. The van der Waals surface area contributed by atoms with E-state index in [9.17, 15) is 9.59 Å². The van der Waals surface area contributed by atoms with Crippen molar-refractivity contribution in [3.63, 3.8) is 0 Å². The van der Waals surface area contributed by atoms with E-state index in [0.29, 0.717) is 40.4 Å². The molecule has 176 valence electrons. The monoisotopic (exact) mass is 499 g/mol. The van der Waals surface area contributed by atoms with Crippen LogP contribution in [0.3, 0.4) is 0 Å². The molecule has 0 bridgehead atoms. The highest BCUT2D eigenvalue weighted by atomic mass is 35.5. The lowest BCUT2D eigenvalue weighted by Gasteiger charge is -2.17. The van der Waals surface area contributed by atoms with Crippen LogP contribution in [0.25, 0.3) is 0 Å². The van der Waals surface area contributed by atoms with Gasteiger partial charge in [-0.05, 0) is 54.1 Å². The number of hydrazine groups is 1. The number of carbonyl (C=O) groups excluding carboxylic acids is 2. The predicted octanol–water partition coefficient (Wildman–Crippen LogP) is 5.08. The summed E-state index contributed by atoms with van der Waals surface area (Å²) in [5.41, 5.74) is 7.87. The number of hydrogen-bond acceptors (Lipinski definition) is 5. The van der Waals surface area contributed by atoms with Crippen molar-refractivity contribution >= 4 is 46.4 Å². The Balaban J connectivity index is 1.33. The zero-order valence-corrected chi connectivity index (χ0v) is 19.9. The Morgan fingerprint density at radius 2 is 1.68 bits per heavy atom. The summed E-state index contributed by atoms with van der Waals surface area (Å²) in [6.07, 6.45) is 0.136. The quantitative estimate of drug-likeness (QED) is 0.422. The molecule has 7 nitrogen and oxygen atoms in total. The Hall–Kier alpha value is -3.42. The summed E-state index contributed by atoms with van der Waals surface area (Å²) >= 11 is 11.8. The molecule has 34 heavy (non-hydrogen) atoms. The van der Waals surface area contributed by atoms with Crippen LogP contribution in [0.4, 0.5) is 11.4 Å². The van der Waals surface area contributed by atoms with Gasteiger partial charge in [-0.15, -0.1) is 0 Å². The third-order valence-corrected chi connectivity index (χ3v) is 5.94. The van der Waals surface area contributed by atoms with E-state index in [1.54, 1.807) is 66.6 Å². The molecule has 4 rings (SSSR count). The van der Waals surface area contributed by atoms with E-state index in [-0.39, 0.29) is 18.2 Å². The van der Waals surface area contributed by atoms with Crippen LogP contribution in [0.15, 0.2) is 66.7 Å². The van der Waals surface area contributed by atoms with Crippen molar-refractivity contribution in [2.45, 2.75) is 13.0 Å². The molecule has 2 amide bonds. The number of rotatable bonds is 8. The molecule has 0 aliphatic carbocycles. The zero-order valence-electron chi connectivity index (χ0n) is 18.4. The van der Waals surface area contributed by atoms with Crippen LogP contribution in [-0.2, 0) is 16.2 Å². The molecule has 3 aromatic carbocycles. The third kappa shape index (κ3) is 5.73. The zero-order chi connectivity index (χ0) is 24.1. The molecule has 0 radical (unpaired) electrons. The smallest absolute Gasteiger partial charge is 0.243 e. The number of methoxy groups -OCH3 is 1. The Morgan fingerprint density at radius 3 is 2.35 bits per heavy atom. The molecule has 3 aromatic rings. The average Bonchev–Trinajstić information content (AvgIpc) is 3.24. The predicted molar refractivity (Wildman–Crippen MR) is 132 cm³/mol. The van der Waals surface area contributed by atoms with Gasteiger partial charge in [0.15, 0.2) is 11.5 Å². The van der Waals surface area contributed by atoms with Gasteiger partial charge >= 0.3 is 0 Å². The van der Waals surface area contributed by atoms with E-state index < -0.39 is 5.92 Å². The van der Waals surface area contributed by atoms with Gasteiger partial charge in [-0.2, -0.15) is 0 Å². The van der Waals surface area contributed by atoms with Crippen LogP contribution >= 0.6 is 23.2 Å². The molecule has 1 fully saturated rings. The van der Waals surface area contributed by atoms with Crippen LogP contribution in [0, 0.1) is 5.92 Å². The standard InChI is InChI=1S/C25H23Cl2N3O4/c1-33-23-13-20(8-11-22(23)34-15-16-2-4-18(26)5-3-16)28-29-25(32)17-12-24(31)30(14-17)21-9-6-19(27)7-10-21/h2-11,13,17,28H,12,14-15H2,1H3,(H,29,32)/t17-/m0/s1. The summed E-state index contributed by atoms with van der Waals surface area (Å²) in [7, 11) is 1.54. The number of anilines is 2. The molecule has 0 unspecified atom stereocenters. The minimum atomic E-state index is -0.473. The van der Waals surface area contributed by atoms with Gasteiger partial charge in [0.05, 0.1) is 18.7 Å². The van der Waals surface area contributed by atoms with Gasteiger partial charge in [0.2, 0.25) is 11.8 Å². The number of ether oxygens (including phenoxy) is 2. The van der Waals surface area contributed by atoms with Gasteiger partial charge in [0.25, 0.3) is 0 Å². The van der Waals surface area contributed by atoms with Crippen LogP contribution in [-0.4, -0.2) is 25.5 Å². The highest BCUT2D eigenvalue weighted by molar-refractivity contribution is 6.30. The lowest BCUT2D eigenvalue weighted by Crippen LogP contribution is -2.36. The summed E-state index contributed by atoms with van der Waals surface area (Å²) in [5.74, 6) is 0.227. The molecule has 1 atom stereocenters. The highest BCUT2D eigenvalue weighted by Crippen LogP contribution is 2.31. The summed E-state index contributed by atoms with van der Waals surface area (Å²) in [5, 5.41) is 1.25. The minimum Gasteiger partial charge on any atom is -0.493 e. The number of carbonyl (C=O) groups is 2. The second kappa shape index (κ2) is 10.7. The first-order chi connectivity index (χ1) is 16.4. The number of nitrogens with one attached hydrogen (secondary N) is 2. The van der Waals surface area contributed by atoms with Crippen molar-refractivity contribution in [3.05, 3.63) is 82.3 Å². The second-order valence-electron chi connectivity index (χ2n) is 7.78. The van der Waals surface area contributed by atoms with Crippen molar-refractivity contribution in [1.82, 2.24) is 5.43 Å². The lowest BCUT2D eigenvalue weighted by molar-refractivity contribution is -0.125. The first kappa shape index (κ1) is 23.7. The van der Waals surface area contributed by atoms with E-state index in [2.05, 4.69) is 10.9 Å². The minimum absolute atomic E-state index is 0.105. The number of halogens is 2. The van der Waals surface area contributed by atoms with Gasteiger partial charge in [-0.3, -0.25) is 20.4 Å². The van der Waals surface area contributed by atoms with Crippen LogP contribution in [0.5, 0.6) is 11.5 Å². The fourth-order valence-electron chi connectivity index (χ4n) is 3.60. The first-order valence-electron chi connectivity index (χ1n) is 10.6. The van der Waals surface area contributed by atoms with Crippen LogP contribution in [0.2, 0.25) is 10.0 Å². The van der Waals surface area contributed by atoms with Crippen molar-refractivity contribution in [2.75, 3.05) is 24.0 Å². The third-order valence-electron chi connectivity index (χ3n) is 5.44. The summed E-state index contributed by atoms with van der Waals surface area (Å²) in [6.45, 7) is 0.658. The van der Waals surface area contributed by atoms with Crippen LogP contribution in [0.1, 0.15) is 12.0 Å². The maximum atomic E-state index is 12.7. The molecule has 1 aliphatic rings. The molecular weight excluding hydrogens is 477 g/mol. The molecule has 1 saturated heterocycles. The fraction of sp³-hybridized carbons (Fsp3) is 0.200. The largest absolute Gasteiger partial charge is 0.493 e. The van der Waals surface area contributed by atoms with E-state index in [0.717, 1.165) is 11.3 Å². The maximum Gasteiger partial charge on any atom is 0.243 e. The second-order valence-corrected chi connectivity index (χ2v) is 8.65. The number of hydrogen-bond donors (Lipinski definition) is 2. The summed E-state index contributed by atoms with van der Waals surface area (Å²) < 4.78 is 11.3. The normalized spacial score (nSPS) is 15.2. The Bertz CT molecular complexity index is 1170. The van der Waals surface area contributed by atoms with Crippen molar-refractivity contribution in [2.24, 2.45) is 5.92 Å². The van der Waals surface area contributed by atoms with Gasteiger partial charge in [-0.1, -0.05) is 35.3 Å². The van der Waals surface area contributed by atoms with E-state index in [1.807, 2.05) is 12.1 Å². The van der Waals surface area contributed by atoms with E-state index in [4.69, 9.17) is 32.7 Å². The Labute approximate surface area is 207 Å².